The average Bonchev–Trinajstić information content (AvgIpc) is 3.65. The summed E-state index contributed by atoms with van der Waals surface area (Å²) in [5.41, 5.74) is 20.2. The van der Waals surface area contributed by atoms with Gasteiger partial charge in [-0.15, -0.1) is 0 Å². The minimum absolute atomic E-state index is 0.405. The molecular formula is C49H32. The summed E-state index contributed by atoms with van der Waals surface area (Å²) in [6.07, 6.45) is 0. The van der Waals surface area contributed by atoms with Crippen LogP contribution in [0.2, 0.25) is 0 Å². The molecule has 0 saturated heterocycles. The van der Waals surface area contributed by atoms with Gasteiger partial charge in [-0.05, 0) is 101 Å². The number of hydrogen-bond donors (Lipinski definition) is 0. The van der Waals surface area contributed by atoms with Gasteiger partial charge in [-0.25, -0.2) is 0 Å². The van der Waals surface area contributed by atoms with Gasteiger partial charge in [-0.3, -0.25) is 0 Å². The molecule has 0 N–H and O–H groups in total. The molecule has 0 aliphatic heterocycles. The van der Waals surface area contributed by atoms with Crippen molar-refractivity contribution in [1.29, 1.82) is 0 Å². The normalized spacial score (nSPS) is 13.1. The average molecular weight is 621 g/mol. The summed E-state index contributed by atoms with van der Waals surface area (Å²) in [7, 11) is 0. The Morgan fingerprint density at radius 3 is 0.898 bits per heavy atom. The van der Waals surface area contributed by atoms with Crippen LogP contribution in [0.3, 0.4) is 0 Å². The van der Waals surface area contributed by atoms with Crippen LogP contribution in [0.15, 0.2) is 194 Å². The summed E-state index contributed by atoms with van der Waals surface area (Å²) in [6.45, 7) is 0. The zero-order chi connectivity index (χ0) is 32.4. The van der Waals surface area contributed by atoms with Gasteiger partial charge in [0.05, 0.1) is 5.41 Å². The second kappa shape index (κ2) is 10.9. The largest absolute Gasteiger partial charge is 0.0725 e. The zero-order valence-electron chi connectivity index (χ0n) is 27.0. The third-order valence-electron chi connectivity index (χ3n) is 10.7. The molecule has 0 unspecified atom stereocenters. The summed E-state index contributed by atoms with van der Waals surface area (Å²) in [6, 6.07) is 71.7. The Morgan fingerprint density at radius 2 is 0.490 bits per heavy atom. The Hall–Kier alpha value is -6.24. The van der Waals surface area contributed by atoms with Crippen LogP contribution in [0.4, 0.5) is 0 Å². The van der Waals surface area contributed by atoms with Crippen LogP contribution in [-0.2, 0) is 5.41 Å². The molecule has 0 nitrogen and oxygen atoms in total. The summed E-state index contributed by atoms with van der Waals surface area (Å²) in [5, 5.41) is 0. The van der Waals surface area contributed by atoms with E-state index in [2.05, 4.69) is 194 Å². The molecule has 0 fully saturated rings. The minimum atomic E-state index is -0.405. The zero-order valence-corrected chi connectivity index (χ0v) is 27.0. The summed E-state index contributed by atoms with van der Waals surface area (Å²) < 4.78 is 0. The monoisotopic (exact) mass is 620 g/mol. The number of benzene rings is 8. The first-order valence-corrected chi connectivity index (χ1v) is 17.1. The Morgan fingerprint density at radius 1 is 0.204 bits per heavy atom. The number of rotatable bonds is 4. The molecular weight excluding hydrogens is 589 g/mol. The maximum atomic E-state index is 2.47. The van der Waals surface area contributed by atoms with Crippen molar-refractivity contribution in [2.75, 3.05) is 0 Å². The maximum Gasteiger partial charge on any atom is 0.0725 e. The van der Waals surface area contributed by atoms with Crippen LogP contribution < -0.4 is 0 Å². The van der Waals surface area contributed by atoms with E-state index in [1.807, 2.05) is 0 Å². The standard InChI is InChI=1S/C49H32/c1-3-11-33(12-4-1)35-19-23-37(24-20-35)39-27-29-43-44-30-28-40(38-25-21-36(22-26-38)34-13-5-2-6-14-34)32-48(44)49(47(43)31-39)45-17-9-7-15-41(45)42-16-8-10-18-46(42)49/h1-32H. The molecule has 49 heavy (non-hydrogen) atoms. The fourth-order valence-electron chi connectivity index (χ4n) is 8.47. The molecule has 8 aromatic rings. The number of fused-ring (bicyclic) bond motifs is 10. The minimum Gasteiger partial charge on any atom is -0.0622 e. The van der Waals surface area contributed by atoms with E-state index in [1.165, 1.54) is 89.0 Å². The Labute approximate surface area is 287 Å². The third kappa shape index (κ3) is 4.17. The molecule has 2 aliphatic rings. The molecule has 0 atom stereocenters. The van der Waals surface area contributed by atoms with Crippen molar-refractivity contribution in [3.8, 4) is 66.8 Å². The topological polar surface area (TPSA) is 0 Å². The SMILES string of the molecule is c1ccc(-c2ccc(-c3ccc4c(c3)C3(c5ccccc5-c5ccccc53)c3cc(-c5ccc(-c6ccccc6)cc5)ccc3-4)cc2)cc1. The summed E-state index contributed by atoms with van der Waals surface area (Å²) in [5.74, 6) is 0. The molecule has 0 heteroatoms. The Balaban J connectivity index is 1.16. The molecule has 0 radical (unpaired) electrons. The lowest BCUT2D eigenvalue weighted by Gasteiger charge is -2.31. The van der Waals surface area contributed by atoms with Gasteiger partial charge in [-0.1, -0.05) is 182 Å². The molecule has 0 aromatic heterocycles. The van der Waals surface area contributed by atoms with Crippen molar-refractivity contribution in [2.24, 2.45) is 0 Å². The Kier molecular flexibility index (Phi) is 6.19. The van der Waals surface area contributed by atoms with Crippen LogP contribution in [-0.4, -0.2) is 0 Å². The second-order valence-electron chi connectivity index (χ2n) is 13.2. The highest BCUT2D eigenvalue weighted by Gasteiger charge is 2.51. The molecule has 8 aromatic carbocycles. The molecule has 0 heterocycles. The van der Waals surface area contributed by atoms with Crippen LogP contribution in [0.5, 0.6) is 0 Å². The first kappa shape index (κ1) is 27.8. The highest BCUT2D eigenvalue weighted by molar-refractivity contribution is 5.97. The van der Waals surface area contributed by atoms with Crippen molar-refractivity contribution >= 4 is 0 Å². The maximum absolute atomic E-state index is 2.47. The van der Waals surface area contributed by atoms with Gasteiger partial charge in [0.1, 0.15) is 0 Å². The van der Waals surface area contributed by atoms with Crippen LogP contribution in [0, 0.1) is 0 Å². The quantitative estimate of drug-likeness (QED) is 0.184. The third-order valence-corrected chi connectivity index (χ3v) is 10.7. The summed E-state index contributed by atoms with van der Waals surface area (Å²) in [4.78, 5) is 0. The molecule has 228 valence electrons. The first-order chi connectivity index (χ1) is 24.3. The van der Waals surface area contributed by atoms with Crippen molar-refractivity contribution in [1.82, 2.24) is 0 Å². The van der Waals surface area contributed by atoms with Gasteiger partial charge in [-0.2, -0.15) is 0 Å². The molecule has 0 saturated carbocycles. The predicted octanol–water partition coefficient (Wildman–Crippen LogP) is 12.7. The van der Waals surface area contributed by atoms with Crippen LogP contribution in [0.25, 0.3) is 66.8 Å². The van der Waals surface area contributed by atoms with Gasteiger partial charge in [0.25, 0.3) is 0 Å². The molecule has 0 amide bonds. The van der Waals surface area contributed by atoms with E-state index in [9.17, 15) is 0 Å². The van der Waals surface area contributed by atoms with E-state index in [0.29, 0.717) is 0 Å². The van der Waals surface area contributed by atoms with Crippen molar-refractivity contribution in [2.45, 2.75) is 5.41 Å². The van der Waals surface area contributed by atoms with E-state index in [1.54, 1.807) is 0 Å². The number of hydrogen-bond acceptors (Lipinski definition) is 0. The lowest BCUT2D eigenvalue weighted by Crippen LogP contribution is -2.26. The van der Waals surface area contributed by atoms with E-state index >= 15 is 0 Å². The predicted molar refractivity (Wildman–Crippen MR) is 204 cm³/mol. The van der Waals surface area contributed by atoms with E-state index in [-0.39, 0.29) is 0 Å². The van der Waals surface area contributed by atoms with Crippen molar-refractivity contribution in [3.63, 3.8) is 0 Å². The lowest BCUT2D eigenvalue weighted by molar-refractivity contribution is 0.794. The van der Waals surface area contributed by atoms with Gasteiger partial charge >= 0.3 is 0 Å². The lowest BCUT2D eigenvalue weighted by atomic mass is 9.70. The fourth-order valence-corrected chi connectivity index (χ4v) is 8.47. The van der Waals surface area contributed by atoms with E-state index in [0.717, 1.165) is 0 Å². The highest BCUT2D eigenvalue weighted by atomic mass is 14.5. The summed E-state index contributed by atoms with van der Waals surface area (Å²) >= 11 is 0. The highest BCUT2D eigenvalue weighted by Crippen LogP contribution is 2.63. The molecule has 1 spiro atoms. The van der Waals surface area contributed by atoms with Crippen LogP contribution >= 0.6 is 0 Å². The second-order valence-corrected chi connectivity index (χ2v) is 13.2. The van der Waals surface area contributed by atoms with Gasteiger partial charge < -0.3 is 0 Å². The molecule has 10 rings (SSSR count). The van der Waals surface area contributed by atoms with Gasteiger partial charge in [0, 0.05) is 0 Å². The molecule has 2 aliphatic carbocycles. The first-order valence-electron chi connectivity index (χ1n) is 17.1. The van der Waals surface area contributed by atoms with Crippen LogP contribution in [0.1, 0.15) is 22.3 Å². The van der Waals surface area contributed by atoms with Crippen molar-refractivity contribution < 1.29 is 0 Å². The van der Waals surface area contributed by atoms with E-state index < -0.39 is 5.41 Å². The van der Waals surface area contributed by atoms with E-state index in [4.69, 9.17) is 0 Å². The fraction of sp³-hybridized carbons (Fsp3) is 0.0204. The van der Waals surface area contributed by atoms with Gasteiger partial charge in [0.15, 0.2) is 0 Å². The molecule has 0 bridgehead atoms. The Bertz CT molecular complexity index is 2320. The van der Waals surface area contributed by atoms with Gasteiger partial charge in [0.2, 0.25) is 0 Å². The van der Waals surface area contributed by atoms with Crippen molar-refractivity contribution in [3.05, 3.63) is 216 Å². The smallest absolute Gasteiger partial charge is 0.0622 e.